The minimum absolute atomic E-state index is 0.0324. The highest BCUT2D eigenvalue weighted by Crippen LogP contribution is 2.10. The highest BCUT2D eigenvalue weighted by Gasteiger charge is 2.14. The number of sulfonamides is 1. The summed E-state index contributed by atoms with van der Waals surface area (Å²) < 4.78 is 22.1. The second-order valence-electron chi connectivity index (χ2n) is 2.41. The summed E-state index contributed by atoms with van der Waals surface area (Å²) in [5.41, 5.74) is 0.588. The molecule has 0 saturated carbocycles. The fourth-order valence-corrected chi connectivity index (χ4v) is 1.82. The average molecular weight is 187 g/mol. The Balaban J connectivity index is 3.30. The van der Waals surface area contributed by atoms with Crippen LogP contribution in [0.1, 0.15) is 5.56 Å². The third-order valence-corrected chi connectivity index (χ3v) is 2.85. The fraction of sp³-hybridized carbons (Fsp3) is 0.143. The van der Waals surface area contributed by atoms with E-state index in [0.29, 0.717) is 5.56 Å². The van der Waals surface area contributed by atoms with Gasteiger partial charge in [0.2, 0.25) is 0 Å². The Morgan fingerprint density at radius 3 is 2.42 bits per heavy atom. The molecular formula is C7H9NO3S. The number of quaternary nitrogens is 1. The van der Waals surface area contributed by atoms with Crippen LogP contribution in [0.5, 0.6) is 0 Å². The molecule has 0 unspecified atom stereocenters. The maximum Gasteiger partial charge on any atom is 0.324 e. The van der Waals surface area contributed by atoms with Crippen molar-refractivity contribution in [2.75, 3.05) is 0 Å². The maximum absolute atomic E-state index is 11.1. The first-order valence-corrected chi connectivity index (χ1v) is 4.88. The molecule has 2 N–H and O–H groups in total. The molecule has 4 nitrogen and oxygen atoms in total. The lowest BCUT2D eigenvalue weighted by atomic mass is 10.2. The Morgan fingerprint density at radius 1 is 1.33 bits per heavy atom. The number of primary sulfonamides is 1. The van der Waals surface area contributed by atoms with Crippen molar-refractivity contribution in [3.05, 3.63) is 35.0 Å². The quantitative estimate of drug-likeness (QED) is 0.648. The lowest BCUT2D eigenvalue weighted by molar-refractivity contribution is -0.416. The van der Waals surface area contributed by atoms with Gasteiger partial charge in [-0.05, 0) is 18.6 Å². The number of hydrogen-bond acceptors (Lipinski definition) is 3. The summed E-state index contributed by atoms with van der Waals surface area (Å²) in [4.78, 5) is 0.0509. The monoisotopic (exact) mass is 187 g/mol. The van der Waals surface area contributed by atoms with Gasteiger partial charge in [-0.3, -0.25) is 4.89 Å². The zero-order chi connectivity index (χ0) is 9.19. The third-order valence-electron chi connectivity index (χ3n) is 1.53. The van der Waals surface area contributed by atoms with Crippen molar-refractivity contribution in [1.82, 2.24) is 0 Å². The zero-order valence-electron chi connectivity index (χ0n) is 6.52. The SMILES string of the molecule is Cc1ccccc1S(=O)(=O)[NH2+][O-]. The van der Waals surface area contributed by atoms with E-state index in [0.717, 1.165) is 0 Å². The molecule has 0 spiro atoms. The van der Waals surface area contributed by atoms with Crippen LogP contribution in [0.3, 0.4) is 0 Å². The van der Waals surface area contributed by atoms with Crippen LogP contribution in [0, 0.1) is 12.1 Å². The molecule has 0 aliphatic heterocycles. The molecule has 0 amide bonds. The first-order valence-electron chi connectivity index (χ1n) is 3.34. The van der Waals surface area contributed by atoms with E-state index in [1.54, 1.807) is 25.1 Å². The third kappa shape index (κ3) is 1.63. The first-order chi connectivity index (χ1) is 5.58. The highest BCUT2D eigenvalue weighted by atomic mass is 32.2. The molecule has 0 radical (unpaired) electrons. The van der Waals surface area contributed by atoms with Gasteiger partial charge >= 0.3 is 10.0 Å². The van der Waals surface area contributed by atoms with Crippen LogP contribution in [0.2, 0.25) is 0 Å². The molecule has 0 fully saturated rings. The van der Waals surface area contributed by atoms with Crippen LogP contribution in [0.4, 0.5) is 0 Å². The van der Waals surface area contributed by atoms with Crippen molar-refractivity contribution >= 4 is 10.0 Å². The summed E-state index contributed by atoms with van der Waals surface area (Å²) in [5, 5.41) is 10.2. The molecule has 1 rings (SSSR count). The van der Waals surface area contributed by atoms with Gasteiger partial charge < -0.3 is 5.21 Å². The predicted octanol–water partition coefficient (Wildman–Crippen LogP) is -0.255. The van der Waals surface area contributed by atoms with Crippen molar-refractivity contribution in [3.8, 4) is 0 Å². The van der Waals surface area contributed by atoms with Crippen LogP contribution < -0.4 is 4.89 Å². The Kier molecular flexibility index (Phi) is 2.46. The average Bonchev–Trinajstić information content (AvgIpc) is 2.05. The molecule has 0 atom stereocenters. The van der Waals surface area contributed by atoms with Crippen LogP contribution in [0.25, 0.3) is 0 Å². The van der Waals surface area contributed by atoms with Crippen molar-refractivity contribution in [3.63, 3.8) is 0 Å². The molecule has 0 bridgehead atoms. The van der Waals surface area contributed by atoms with Gasteiger partial charge in [-0.1, -0.05) is 18.2 Å². The van der Waals surface area contributed by atoms with Gasteiger partial charge in [0.05, 0.1) is 0 Å². The molecule has 66 valence electrons. The van der Waals surface area contributed by atoms with E-state index >= 15 is 0 Å². The van der Waals surface area contributed by atoms with Crippen molar-refractivity contribution in [2.45, 2.75) is 11.8 Å². The first kappa shape index (κ1) is 9.18. The highest BCUT2D eigenvalue weighted by molar-refractivity contribution is 7.84. The number of aryl methyl sites for hydroxylation is 1. The van der Waals surface area contributed by atoms with Gasteiger partial charge in [-0.15, -0.1) is 0 Å². The van der Waals surface area contributed by atoms with Gasteiger partial charge in [-0.2, -0.15) is 8.42 Å². The van der Waals surface area contributed by atoms with Crippen LogP contribution >= 0.6 is 0 Å². The van der Waals surface area contributed by atoms with Gasteiger partial charge in [0.1, 0.15) is 4.90 Å². The summed E-state index contributed by atoms with van der Waals surface area (Å²) in [6.45, 7) is 1.65. The van der Waals surface area contributed by atoms with Gasteiger partial charge in [-0.25, -0.2) is 0 Å². The zero-order valence-corrected chi connectivity index (χ0v) is 7.34. The Hall–Kier alpha value is -0.910. The minimum Gasteiger partial charge on any atom is -0.620 e. The summed E-state index contributed by atoms with van der Waals surface area (Å²) in [6, 6.07) is 6.37. The molecular weight excluding hydrogens is 178 g/mol. The molecule has 5 heteroatoms. The topological polar surface area (TPSA) is 73.8 Å². The number of rotatable bonds is 2. The van der Waals surface area contributed by atoms with Crippen molar-refractivity contribution < 1.29 is 13.3 Å². The van der Waals surface area contributed by atoms with E-state index in [9.17, 15) is 13.6 Å². The van der Waals surface area contributed by atoms with E-state index in [-0.39, 0.29) is 9.78 Å². The fourth-order valence-electron chi connectivity index (χ4n) is 0.927. The predicted molar refractivity (Wildman–Crippen MR) is 43.7 cm³/mol. The van der Waals surface area contributed by atoms with E-state index < -0.39 is 10.0 Å². The molecule has 0 heterocycles. The van der Waals surface area contributed by atoms with E-state index in [4.69, 9.17) is 0 Å². The van der Waals surface area contributed by atoms with Crippen LogP contribution in [-0.2, 0) is 10.0 Å². The Labute approximate surface area is 70.9 Å². The lowest BCUT2D eigenvalue weighted by Gasteiger charge is -2.05. The molecule has 0 aromatic heterocycles. The molecule has 12 heavy (non-hydrogen) atoms. The second kappa shape index (κ2) is 3.22. The van der Waals surface area contributed by atoms with E-state index in [1.807, 2.05) is 0 Å². The summed E-state index contributed by atoms with van der Waals surface area (Å²) in [7, 11) is -3.71. The molecule has 1 aromatic rings. The van der Waals surface area contributed by atoms with Crippen LogP contribution in [-0.4, -0.2) is 8.42 Å². The van der Waals surface area contributed by atoms with Gasteiger partial charge in [0.25, 0.3) is 0 Å². The molecule has 0 aliphatic carbocycles. The van der Waals surface area contributed by atoms with Crippen LogP contribution in [0.15, 0.2) is 29.2 Å². The largest absolute Gasteiger partial charge is 0.620 e. The van der Waals surface area contributed by atoms with Crippen molar-refractivity contribution in [1.29, 1.82) is 0 Å². The number of hydrogen-bond donors (Lipinski definition) is 1. The van der Waals surface area contributed by atoms with E-state index in [2.05, 4.69) is 0 Å². The van der Waals surface area contributed by atoms with Gasteiger partial charge in [0.15, 0.2) is 0 Å². The smallest absolute Gasteiger partial charge is 0.324 e. The van der Waals surface area contributed by atoms with Gasteiger partial charge in [0, 0.05) is 0 Å². The minimum atomic E-state index is -3.71. The Morgan fingerprint density at radius 2 is 1.92 bits per heavy atom. The lowest BCUT2D eigenvalue weighted by Crippen LogP contribution is -2.80. The second-order valence-corrected chi connectivity index (χ2v) is 4.13. The summed E-state index contributed by atoms with van der Waals surface area (Å²) in [6.07, 6.45) is 0. The Bertz CT molecular complexity index is 372. The number of nitrogens with two attached hydrogens (primary N) is 1. The van der Waals surface area contributed by atoms with Crippen molar-refractivity contribution in [2.24, 2.45) is 0 Å². The number of benzene rings is 1. The molecule has 0 aliphatic rings. The van der Waals surface area contributed by atoms with E-state index in [1.165, 1.54) is 6.07 Å². The summed E-state index contributed by atoms with van der Waals surface area (Å²) in [5.74, 6) is 0. The molecule has 1 aromatic carbocycles. The normalized spacial score (nSPS) is 11.5. The summed E-state index contributed by atoms with van der Waals surface area (Å²) >= 11 is 0. The molecule has 0 saturated heterocycles. The maximum atomic E-state index is 11.1. The standard InChI is InChI=1S/C7H9NO3S/c1-6-4-2-3-5-7(6)12(10,11)8-9/h2-5H,8H2,1H3.